The molecule has 5 aliphatic rings. The van der Waals surface area contributed by atoms with Crippen LogP contribution >= 0.6 is 0 Å². The maximum Gasteiger partial charge on any atom is 0.231 e. The summed E-state index contributed by atoms with van der Waals surface area (Å²) in [6.45, 7) is 6.16. The fourth-order valence-corrected chi connectivity index (χ4v) is 9.02. The summed E-state index contributed by atoms with van der Waals surface area (Å²) in [4.78, 5) is 17.8. The Morgan fingerprint density at radius 1 is 1.02 bits per heavy atom. The van der Waals surface area contributed by atoms with Gasteiger partial charge in [0.25, 0.3) is 0 Å². The molecule has 4 heterocycles. The van der Waals surface area contributed by atoms with Crippen LogP contribution in [0.3, 0.4) is 0 Å². The third-order valence-electron chi connectivity index (χ3n) is 11.5. The number of phenols is 2. The summed E-state index contributed by atoms with van der Waals surface area (Å²) < 4.78 is 11.9. The fourth-order valence-electron chi connectivity index (χ4n) is 9.02. The van der Waals surface area contributed by atoms with Gasteiger partial charge in [0.05, 0.1) is 18.2 Å². The number of benzene rings is 2. The van der Waals surface area contributed by atoms with Crippen LogP contribution in [0, 0.1) is 82.1 Å². The number of likely N-dealkylation sites (N-methyl/N-ethyl adjacent to an activating group) is 1. The van der Waals surface area contributed by atoms with Gasteiger partial charge >= 0.3 is 0 Å². The van der Waals surface area contributed by atoms with Crippen molar-refractivity contribution in [2.75, 3.05) is 20.4 Å². The molecule has 7 rings (SSSR count). The largest absolute Gasteiger partial charge is 0.507 e. The third kappa shape index (κ3) is 5.35. The number of phenolic OH excluding ortho intramolecular Hbond substituents is 2. The van der Waals surface area contributed by atoms with Crippen molar-refractivity contribution in [3.63, 3.8) is 0 Å². The molecule has 9 nitrogen and oxygen atoms in total. The molecule has 10 heteroatoms. The van der Waals surface area contributed by atoms with E-state index in [2.05, 4.69) is 34.3 Å². The molecule has 2 aromatic rings. The van der Waals surface area contributed by atoms with Crippen LogP contribution in [0.1, 0.15) is 96.0 Å². The van der Waals surface area contributed by atoms with Crippen LogP contribution in [0.25, 0.3) is 0 Å². The zero-order valence-corrected chi connectivity index (χ0v) is 31.6. The molecule has 45 heavy (non-hydrogen) atoms. The number of nitrogens with one attached hydrogen (secondary N) is 1. The van der Waals surface area contributed by atoms with E-state index >= 15 is 0 Å². The Bertz CT molecular complexity index is 1550. The van der Waals surface area contributed by atoms with Crippen LogP contribution in [0.15, 0.2) is 6.07 Å². The topological polar surface area (TPSA) is 118 Å². The molecule has 3 N–H and O–H groups in total. The Kier molecular flexibility index (Phi) is 9.41. The van der Waals surface area contributed by atoms with Gasteiger partial charge in [0, 0.05) is 91.4 Å². The van der Waals surface area contributed by atoms with Crippen molar-refractivity contribution in [3.05, 3.63) is 45.0 Å². The minimum absolute atomic E-state index is 0. The SMILES string of the molecule is Cc1cc2c(c(O)c1C)[C@@H]1C3Cc4c(O)c(C)c5c(c4[C@H](CNC(=O)CCC4CCCCC4)N3[C@@H](C#N)[C@H](C2)N1C)OCO5.[Ac]. The molecule has 2 bridgehead atoms. The summed E-state index contributed by atoms with van der Waals surface area (Å²) in [6.07, 6.45) is 8.70. The maximum atomic E-state index is 13.3. The second-order valence-electron chi connectivity index (χ2n) is 13.7. The fraction of sp³-hybridized carbons (Fsp3) is 0.600. The number of fused-ring (bicyclic) bond motifs is 9. The number of nitrogens with zero attached hydrogens (tertiary/aromatic N) is 3. The van der Waals surface area contributed by atoms with E-state index in [4.69, 9.17) is 9.47 Å². The molecule has 1 radical (unpaired) electrons. The van der Waals surface area contributed by atoms with Crippen molar-refractivity contribution >= 4 is 5.91 Å². The average molecular weight is 828 g/mol. The number of hydrogen-bond acceptors (Lipinski definition) is 8. The van der Waals surface area contributed by atoms with Crippen molar-refractivity contribution in [1.82, 2.24) is 15.1 Å². The molecule has 4 aliphatic heterocycles. The maximum absolute atomic E-state index is 13.3. The summed E-state index contributed by atoms with van der Waals surface area (Å²) in [6, 6.07) is 3.39. The normalized spacial score (nSPS) is 27.0. The van der Waals surface area contributed by atoms with Gasteiger partial charge < -0.3 is 25.0 Å². The van der Waals surface area contributed by atoms with Gasteiger partial charge in [0.1, 0.15) is 17.5 Å². The predicted octanol–water partition coefficient (Wildman–Crippen LogP) is 5.00. The second-order valence-corrected chi connectivity index (χ2v) is 13.7. The number of nitriles is 1. The summed E-state index contributed by atoms with van der Waals surface area (Å²) in [7, 11) is 2.05. The molecule has 1 amide bonds. The first-order chi connectivity index (χ1) is 21.2. The van der Waals surface area contributed by atoms with E-state index in [0.717, 1.165) is 39.8 Å². The molecule has 0 aromatic heterocycles. The monoisotopic (exact) mass is 827 g/mol. The van der Waals surface area contributed by atoms with Crippen LogP contribution in [0.2, 0.25) is 0 Å². The van der Waals surface area contributed by atoms with Gasteiger partial charge in [-0.25, -0.2) is 0 Å². The minimum atomic E-state index is -0.475. The van der Waals surface area contributed by atoms with E-state index in [1.54, 1.807) is 0 Å². The van der Waals surface area contributed by atoms with Crippen molar-refractivity contribution in [3.8, 4) is 29.1 Å². The Balaban J connectivity index is 0.00000357. The van der Waals surface area contributed by atoms with Gasteiger partial charge in [0.15, 0.2) is 11.5 Å². The molecule has 1 saturated heterocycles. The van der Waals surface area contributed by atoms with Crippen LogP contribution in [-0.4, -0.2) is 64.4 Å². The van der Waals surface area contributed by atoms with Crippen LogP contribution < -0.4 is 14.8 Å². The number of carbonyl (C=O) groups excluding carboxylic acids is 1. The Morgan fingerprint density at radius 2 is 1.76 bits per heavy atom. The van der Waals surface area contributed by atoms with E-state index in [0.29, 0.717) is 54.5 Å². The van der Waals surface area contributed by atoms with Gasteiger partial charge in [-0.2, -0.15) is 5.26 Å². The smallest absolute Gasteiger partial charge is 0.231 e. The number of aromatic hydroxyl groups is 2. The molecular weight excluding hydrogens is 783 g/mol. The molecular formula is C35H44AcN4O5. The van der Waals surface area contributed by atoms with Crippen molar-refractivity contribution in [1.29, 1.82) is 5.26 Å². The minimum Gasteiger partial charge on any atom is -0.507 e. The number of hydrogen-bond donors (Lipinski definition) is 3. The number of ether oxygens (including phenoxy) is 2. The first-order valence-electron chi connectivity index (χ1n) is 16.3. The summed E-state index contributed by atoms with van der Waals surface area (Å²) in [5.74, 6) is 2.26. The molecule has 1 saturated carbocycles. The van der Waals surface area contributed by atoms with E-state index < -0.39 is 12.1 Å². The number of carbonyl (C=O) groups is 1. The van der Waals surface area contributed by atoms with Gasteiger partial charge in [-0.15, -0.1) is 0 Å². The van der Waals surface area contributed by atoms with Crippen molar-refractivity contribution in [2.24, 2.45) is 5.92 Å². The summed E-state index contributed by atoms with van der Waals surface area (Å²) in [5, 5.41) is 37.1. The second kappa shape index (κ2) is 12.9. The third-order valence-corrected chi connectivity index (χ3v) is 11.5. The van der Waals surface area contributed by atoms with Gasteiger partial charge in [-0.3, -0.25) is 14.6 Å². The molecule has 1 unspecified atom stereocenters. The Labute approximate surface area is 301 Å². The molecule has 237 valence electrons. The molecule has 2 fully saturated rings. The predicted molar refractivity (Wildman–Crippen MR) is 165 cm³/mol. The summed E-state index contributed by atoms with van der Waals surface area (Å²) in [5.41, 5.74) is 6.11. The molecule has 1 aliphatic carbocycles. The van der Waals surface area contributed by atoms with E-state index in [1.807, 2.05) is 20.8 Å². The average Bonchev–Trinajstić information content (AvgIpc) is 3.51. The van der Waals surface area contributed by atoms with Crippen LogP contribution in [0.5, 0.6) is 23.0 Å². The van der Waals surface area contributed by atoms with E-state index in [1.165, 1.54) is 32.1 Å². The zero-order chi connectivity index (χ0) is 30.9. The summed E-state index contributed by atoms with van der Waals surface area (Å²) >= 11 is 0. The number of piperazine rings is 1. The molecule has 0 spiro atoms. The van der Waals surface area contributed by atoms with Crippen LogP contribution in [-0.2, 0) is 17.6 Å². The van der Waals surface area contributed by atoms with E-state index in [9.17, 15) is 20.3 Å². The number of rotatable bonds is 5. The van der Waals surface area contributed by atoms with Crippen LogP contribution in [0.4, 0.5) is 0 Å². The quantitative estimate of drug-likeness (QED) is 0.386. The zero-order valence-electron chi connectivity index (χ0n) is 26.9. The molecule has 2 aromatic carbocycles. The Hall–Kier alpha value is -2.04. The van der Waals surface area contributed by atoms with Gasteiger partial charge in [0.2, 0.25) is 12.7 Å². The van der Waals surface area contributed by atoms with Crippen molar-refractivity contribution < 1.29 is 68.5 Å². The first kappa shape index (κ1) is 32.9. The van der Waals surface area contributed by atoms with E-state index in [-0.39, 0.29) is 80.6 Å². The first-order valence-corrected chi connectivity index (χ1v) is 16.3. The standard InChI is InChI=1S/C35H44N4O5.Ac/c1-18-12-22-13-24-26(15-36)39-25(31(38(24)4)29(22)33(42)19(18)2)14-23-30(35-34(43-17-44-35)20(3)32(23)41)27(39)16-37-28(40)11-10-21-8-6-5-7-9-21;/h12,21,24-27,31,41-42H,5-11,13-14,16-17H2,1-4H3,(H,37,40);/t24-,25?,26-,27-,31-;/m0./s1. The van der Waals surface area contributed by atoms with Gasteiger partial charge in [-0.1, -0.05) is 38.2 Å². The van der Waals surface area contributed by atoms with Crippen molar-refractivity contribution in [2.45, 2.75) is 109 Å². The van der Waals surface area contributed by atoms with Gasteiger partial charge in [-0.05, 0) is 69.7 Å². The number of amides is 1. The number of aryl methyl sites for hydroxylation is 1. The Morgan fingerprint density at radius 3 is 2.49 bits per heavy atom. The molecule has 5 atom stereocenters.